The van der Waals surface area contributed by atoms with Gasteiger partial charge in [0.15, 0.2) is 5.82 Å². The van der Waals surface area contributed by atoms with Crippen molar-refractivity contribution in [2.24, 2.45) is 0 Å². The molecule has 0 aliphatic rings. The van der Waals surface area contributed by atoms with Crippen LogP contribution in [0, 0.1) is 11.6 Å². The molecule has 1 nitrogen and oxygen atoms in total. The number of aromatic hydroxyl groups is 1. The minimum absolute atomic E-state index is 0.232. The third kappa shape index (κ3) is 1.46. The van der Waals surface area contributed by atoms with Gasteiger partial charge < -0.3 is 5.11 Å². The Morgan fingerprint density at radius 3 is 2.55 bits per heavy atom. The first-order valence-electron chi connectivity index (χ1n) is 2.56. The third-order valence-corrected chi connectivity index (χ3v) is 2.18. The molecule has 60 valence electrons. The SMILES string of the molecule is Oc1cc(F)c(Cl)c(F)c1Br. The molecule has 0 aliphatic heterocycles. The van der Waals surface area contributed by atoms with E-state index in [9.17, 15) is 8.78 Å². The molecule has 1 aromatic carbocycles. The molecule has 0 aromatic heterocycles. The predicted molar refractivity (Wildman–Crippen MR) is 40.7 cm³/mol. The van der Waals surface area contributed by atoms with Crippen LogP contribution in [-0.4, -0.2) is 5.11 Å². The monoisotopic (exact) mass is 242 g/mol. The molecule has 0 atom stereocenters. The van der Waals surface area contributed by atoms with E-state index in [2.05, 4.69) is 15.9 Å². The summed E-state index contributed by atoms with van der Waals surface area (Å²) in [7, 11) is 0. The van der Waals surface area contributed by atoms with E-state index in [-0.39, 0.29) is 4.47 Å². The molecule has 0 fully saturated rings. The molecule has 1 rings (SSSR count). The Morgan fingerprint density at radius 1 is 1.45 bits per heavy atom. The maximum absolute atomic E-state index is 12.7. The zero-order chi connectivity index (χ0) is 8.59. The van der Waals surface area contributed by atoms with Crippen LogP contribution in [0.4, 0.5) is 8.78 Å². The first-order valence-corrected chi connectivity index (χ1v) is 3.73. The van der Waals surface area contributed by atoms with Crippen LogP contribution in [0.5, 0.6) is 5.75 Å². The van der Waals surface area contributed by atoms with Crippen molar-refractivity contribution in [3.05, 3.63) is 27.2 Å². The predicted octanol–water partition coefficient (Wildman–Crippen LogP) is 3.09. The summed E-state index contributed by atoms with van der Waals surface area (Å²) in [4.78, 5) is 0. The van der Waals surface area contributed by atoms with Crippen molar-refractivity contribution in [3.8, 4) is 5.75 Å². The number of phenolic OH excluding ortho intramolecular Hbond substituents is 1. The Labute approximate surface area is 74.7 Å². The second-order valence-electron chi connectivity index (χ2n) is 1.82. The number of hydrogen-bond donors (Lipinski definition) is 1. The normalized spacial score (nSPS) is 10.2. The highest BCUT2D eigenvalue weighted by molar-refractivity contribution is 9.10. The lowest BCUT2D eigenvalue weighted by molar-refractivity contribution is 0.455. The first kappa shape index (κ1) is 8.74. The summed E-state index contributed by atoms with van der Waals surface area (Å²) in [5.41, 5.74) is 0. The summed E-state index contributed by atoms with van der Waals surface area (Å²) in [5, 5.41) is 8.19. The molecule has 0 aliphatic carbocycles. The highest BCUT2D eigenvalue weighted by Gasteiger charge is 2.14. The molecule has 0 saturated carbocycles. The molecule has 0 bridgehead atoms. The molecule has 11 heavy (non-hydrogen) atoms. The number of benzene rings is 1. The van der Waals surface area contributed by atoms with Crippen LogP contribution in [0.15, 0.2) is 10.5 Å². The van der Waals surface area contributed by atoms with Crippen molar-refractivity contribution in [2.45, 2.75) is 0 Å². The molecular formula is C6H2BrClF2O. The Balaban J connectivity index is 3.46. The molecule has 0 spiro atoms. The van der Waals surface area contributed by atoms with Gasteiger partial charge in [0.05, 0.1) is 4.47 Å². The topological polar surface area (TPSA) is 20.2 Å². The fourth-order valence-electron chi connectivity index (χ4n) is 0.560. The number of rotatable bonds is 0. The van der Waals surface area contributed by atoms with E-state index in [1.807, 2.05) is 0 Å². The fraction of sp³-hybridized carbons (Fsp3) is 0. The van der Waals surface area contributed by atoms with Gasteiger partial charge in [-0.25, -0.2) is 8.78 Å². The van der Waals surface area contributed by atoms with Crippen molar-refractivity contribution in [1.82, 2.24) is 0 Å². The van der Waals surface area contributed by atoms with Crippen LogP contribution >= 0.6 is 27.5 Å². The molecule has 1 aromatic rings. The quantitative estimate of drug-likeness (QED) is 0.548. The lowest BCUT2D eigenvalue weighted by Crippen LogP contribution is -1.85. The highest BCUT2D eigenvalue weighted by atomic mass is 79.9. The zero-order valence-electron chi connectivity index (χ0n) is 5.04. The van der Waals surface area contributed by atoms with Gasteiger partial charge >= 0.3 is 0 Å². The van der Waals surface area contributed by atoms with E-state index in [0.29, 0.717) is 0 Å². The van der Waals surface area contributed by atoms with Crippen molar-refractivity contribution in [3.63, 3.8) is 0 Å². The van der Waals surface area contributed by atoms with Crippen LogP contribution in [-0.2, 0) is 0 Å². The molecule has 0 radical (unpaired) electrons. The second kappa shape index (κ2) is 2.95. The van der Waals surface area contributed by atoms with Crippen LogP contribution in [0.3, 0.4) is 0 Å². The number of hydrogen-bond acceptors (Lipinski definition) is 1. The van der Waals surface area contributed by atoms with Gasteiger partial charge in [-0.2, -0.15) is 0 Å². The van der Waals surface area contributed by atoms with Crippen molar-refractivity contribution < 1.29 is 13.9 Å². The largest absolute Gasteiger partial charge is 0.507 e. The van der Waals surface area contributed by atoms with Gasteiger partial charge in [-0.05, 0) is 15.9 Å². The molecule has 1 N–H and O–H groups in total. The zero-order valence-corrected chi connectivity index (χ0v) is 7.38. The van der Waals surface area contributed by atoms with Crippen molar-refractivity contribution >= 4 is 27.5 Å². The number of halogens is 4. The summed E-state index contributed by atoms with van der Waals surface area (Å²) in [6.45, 7) is 0. The van der Waals surface area contributed by atoms with Crippen LogP contribution in [0.25, 0.3) is 0 Å². The van der Waals surface area contributed by atoms with Gasteiger partial charge in [0.2, 0.25) is 0 Å². The van der Waals surface area contributed by atoms with Crippen LogP contribution < -0.4 is 0 Å². The number of phenols is 1. The fourth-order valence-corrected chi connectivity index (χ4v) is 1.14. The molecule has 0 unspecified atom stereocenters. The summed E-state index contributed by atoms with van der Waals surface area (Å²) < 4.78 is 24.9. The van der Waals surface area contributed by atoms with Gasteiger partial charge in [0.25, 0.3) is 0 Å². The van der Waals surface area contributed by atoms with Gasteiger partial charge in [0, 0.05) is 6.07 Å². The minimum Gasteiger partial charge on any atom is -0.507 e. The van der Waals surface area contributed by atoms with Crippen molar-refractivity contribution in [1.29, 1.82) is 0 Å². The summed E-state index contributed by atoms with van der Waals surface area (Å²) in [5.74, 6) is -2.49. The van der Waals surface area contributed by atoms with E-state index >= 15 is 0 Å². The lowest BCUT2D eigenvalue weighted by atomic mass is 10.3. The van der Waals surface area contributed by atoms with E-state index in [1.54, 1.807) is 0 Å². The van der Waals surface area contributed by atoms with Crippen LogP contribution in [0.1, 0.15) is 0 Å². The summed E-state index contributed by atoms with van der Waals surface area (Å²) >= 11 is 7.85. The second-order valence-corrected chi connectivity index (χ2v) is 2.99. The smallest absolute Gasteiger partial charge is 0.162 e. The Kier molecular flexibility index (Phi) is 2.34. The Hall–Kier alpha value is -0.350. The molecular weight excluding hydrogens is 241 g/mol. The lowest BCUT2D eigenvalue weighted by Gasteiger charge is -2.00. The summed E-state index contributed by atoms with van der Waals surface area (Å²) in [6, 6.07) is 0.732. The Morgan fingerprint density at radius 2 is 2.00 bits per heavy atom. The molecule has 0 amide bonds. The van der Waals surface area contributed by atoms with Gasteiger partial charge in [0.1, 0.15) is 16.6 Å². The van der Waals surface area contributed by atoms with Gasteiger partial charge in [-0.1, -0.05) is 11.6 Å². The van der Waals surface area contributed by atoms with E-state index in [1.165, 1.54) is 0 Å². The van der Waals surface area contributed by atoms with Crippen LogP contribution in [0.2, 0.25) is 5.02 Å². The van der Waals surface area contributed by atoms with E-state index in [4.69, 9.17) is 16.7 Å². The maximum atomic E-state index is 12.7. The van der Waals surface area contributed by atoms with Gasteiger partial charge in [-0.3, -0.25) is 0 Å². The molecule has 0 saturated heterocycles. The Bertz CT molecular complexity index is 277. The van der Waals surface area contributed by atoms with E-state index < -0.39 is 22.4 Å². The van der Waals surface area contributed by atoms with Crippen molar-refractivity contribution in [2.75, 3.05) is 0 Å². The molecule has 0 heterocycles. The molecule has 5 heteroatoms. The standard InChI is InChI=1S/C6H2BrClF2O/c7-4-3(11)1-2(9)5(8)6(4)10/h1,11H. The first-order chi connectivity index (χ1) is 5.04. The highest BCUT2D eigenvalue weighted by Crippen LogP contribution is 2.33. The maximum Gasteiger partial charge on any atom is 0.162 e. The van der Waals surface area contributed by atoms with E-state index in [0.717, 1.165) is 6.07 Å². The average Bonchev–Trinajstić information content (AvgIpc) is 1.97. The van der Waals surface area contributed by atoms with Gasteiger partial charge in [-0.15, -0.1) is 0 Å². The summed E-state index contributed by atoms with van der Waals surface area (Å²) in [6.07, 6.45) is 0. The average molecular weight is 243 g/mol. The minimum atomic E-state index is -0.996. The third-order valence-electron chi connectivity index (χ3n) is 1.08.